The van der Waals surface area contributed by atoms with Gasteiger partial charge >= 0.3 is 0 Å². The molecule has 0 radical (unpaired) electrons. The lowest BCUT2D eigenvalue weighted by Crippen LogP contribution is -2.29. The van der Waals surface area contributed by atoms with Crippen molar-refractivity contribution in [3.63, 3.8) is 0 Å². The smallest absolute Gasteiger partial charge is 0.254 e. The number of aryl methyl sites for hydroxylation is 1. The molecular weight excluding hydrogens is 404 g/mol. The van der Waals surface area contributed by atoms with E-state index >= 15 is 0 Å². The molecule has 0 saturated carbocycles. The fourth-order valence-corrected chi connectivity index (χ4v) is 5.45. The van der Waals surface area contributed by atoms with Gasteiger partial charge < -0.3 is 19.4 Å². The fraction of sp³-hybridized carbons (Fsp3) is 0.500. The molecule has 30 heavy (non-hydrogen) atoms. The third-order valence-corrected chi connectivity index (χ3v) is 7.50. The SMILES string of the molecule is COCCCn1c(C)c(C)c(S(=O)(=O)c2ccc(C)cc2)c1NC(=O)[C@@H]1CCCO1. The summed E-state index contributed by atoms with van der Waals surface area (Å²) in [5.41, 5.74) is 2.42. The lowest BCUT2D eigenvalue weighted by molar-refractivity contribution is -0.124. The molecule has 1 N–H and O–H groups in total. The van der Waals surface area contributed by atoms with Crippen molar-refractivity contribution >= 4 is 21.6 Å². The van der Waals surface area contributed by atoms with E-state index in [1.807, 2.05) is 18.4 Å². The Morgan fingerprint density at radius 3 is 2.53 bits per heavy atom. The maximum absolute atomic E-state index is 13.6. The second-order valence-corrected chi connectivity index (χ2v) is 9.58. The van der Waals surface area contributed by atoms with Crippen LogP contribution >= 0.6 is 0 Å². The van der Waals surface area contributed by atoms with Gasteiger partial charge in [-0.3, -0.25) is 4.79 Å². The molecule has 1 aromatic carbocycles. The first-order valence-electron chi connectivity index (χ1n) is 10.2. The highest BCUT2D eigenvalue weighted by molar-refractivity contribution is 7.91. The van der Waals surface area contributed by atoms with Crippen molar-refractivity contribution < 1.29 is 22.7 Å². The van der Waals surface area contributed by atoms with Crippen LogP contribution in [0.2, 0.25) is 0 Å². The van der Waals surface area contributed by atoms with E-state index in [1.54, 1.807) is 38.3 Å². The molecule has 7 nitrogen and oxygen atoms in total. The molecule has 1 amide bonds. The molecule has 1 aromatic heterocycles. The van der Waals surface area contributed by atoms with E-state index in [1.165, 1.54) is 0 Å². The predicted molar refractivity (Wildman–Crippen MR) is 115 cm³/mol. The molecule has 2 heterocycles. The van der Waals surface area contributed by atoms with E-state index in [0.29, 0.717) is 44.0 Å². The number of carbonyl (C=O) groups excluding carboxylic acids is 1. The summed E-state index contributed by atoms with van der Waals surface area (Å²) >= 11 is 0. The van der Waals surface area contributed by atoms with Crippen molar-refractivity contribution in [2.75, 3.05) is 25.6 Å². The summed E-state index contributed by atoms with van der Waals surface area (Å²) < 4.78 is 39.6. The Bertz CT molecular complexity index is 1000. The number of aromatic nitrogens is 1. The van der Waals surface area contributed by atoms with Crippen molar-refractivity contribution in [3.8, 4) is 0 Å². The molecule has 164 valence electrons. The first-order chi connectivity index (χ1) is 14.3. The van der Waals surface area contributed by atoms with Gasteiger partial charge in [-0.1, -0.05) is 17.7 Å². The molecule has 1 aliphatic heterocycles. The van der Waals surface area contributed by atoms with Crippen LogP contribution in [-0.2, 0) is 30.7 Å². The maximum Gasteiger partial charge on any atom is 0.254 e. The van der Waals surface area contributed by atoms with E-state index in [2.05, 4.69) is 5.32 Å². The van der Waals surface area contributed by atoms with E-state index in [4.69, 9.17) is 9.47 Å². The van der Waals surface area contributed by atoms with E-state index < -0.39 is 15.9 Å². The lowest BCUT2D eigenvalue weighted by atomic mass is 10.2. The fourth-order valence-electron chi connectivity index (χ4n) is 3.75. The highest BCUT2D eigenvalue weighted by Gasteiger charge is 2.32. The van der Waals surface area contributed by atoms with Gasteiger partial charge in [0.05, 0.1) is 4.90 Å². The van der Waals surface area contributed by atoms with Crippen LogP contribution in [0.15, 0.2) is 34.1 Å². The monoisotopic (exact) mass is 434 g/mol. The third-order valence-electron chi connectivity index (χ3n) is 5.57. The largest absolute Gasteiger partial charge is 0.385 e. The van der Waals surface area contributed by atoms with Crippen LogP contribution in [0.5, 0.6) is 0 Å². The Balaban J connectivity index is 2.09. The number of hydrogen-bond donors (Lipinski definition) is 1. The van der Waals surface area contributed by atoms with Gasteiger partial charge in [-0.25, -0.2) is 8.42 Å². The first kappa shape index (κ1) is 22.5. The Hall–Kier alpha value is -2.16. The van der Waals surface area contributed by atoms with Crippen LogP contribution in [0.4, 0.5) is 5.82 Å². The molecule has 0 unspecified atom stereocenters. The number of anilines is 1. The van der Waals surface area contributed by atoms with Crippen LogP contribution in [0.1, 0.15) is 36.1 Å². The number of rotatable bonds is 8. The minimum absolute atomic E-state index is 0.146. The summed E-state index contributed by atoms with van der Waals surface area (Å²) in [7, 11) is -2.20. The highest BCUT2D eigenvalue weighted by Crippen LogP contribution is 2.36. The quantitative estimate of drug-likeness (QED) is 0.644. The summed E-state index contributed by atoms with van der Waals surface area (Å²) in [6, 6.07) is 6.76. The van der Waals surface area contributed by atoms with Crippen molar-refractivity contribution in [1.29, 1.82) is 0 Å². The van der Waals surface area contributed by atoms with E-state index in [0.717, 1.165) is 17.7 Å². The van der Waals surface area contributed by atoms with Crippen molar-refractivity contribution in [1.82, 2.24) is 4.57 Å². The van der Waals surface area contributed by atoms with Gasteiger partial charge in [-0.2, -0.15) is 0 Å². The average molecular weight is 435 g/mol. The van der Waals surface area contributed by atoms with Gasteiger partial charge in [0.1, 0.15) is 16.8 Å². The average Bonchev–Trinajstić information content (AvgIpc) is 3.32. The predicted octanol–water partition coefficient (Wildman–Crippen LogP) is 3.40. The molecular formula is C22H30N2O5S. The van der Waals surface area contributed by atoms with Crippen molar-refractivity contribution in [2.45, 2.75) is 62.5 Å². The van der Waals surface area contributed by atoms with Gasteiger partial charge in [-0.05, 0) is 57.7 Å². The van der Waals surface area contributed by atoms with Crippen LogP contribution in [0.3, 0.4) is 0 Å². The Morgan fingerprint density at radius 1 is 1.23 bits per heavy atom. The third kappa shape index (κ3) is 4.45. The molecule has 2 aromatic rings. The second kappa shape index (κ2) is 9.32. The summed E-state index contributed by atoms with van der Waals surface area (Å²) in [5.74, 6) is 0.000487. The topological polar surface area (TPSA) is 86.6 Å². The molecule has 1 aliphatic rings. The molecule has 8 heteroatoms. The molecule has 0 spiro atoms. The minimum Gasteiger partial charge on any atom is -0.385 e. The van der Waals surface area contributed by atoms with Crippen molar-refractivity contribution in [3.05, 3.63) is 41.1 Å². The second-order valence-electron chi connectivity index (χ2n) is 7.69. The van der Waals surface area contributed by atoms with Crippen LogP contribution < -0.4 is 5.32 Å². The number of hydrogen-bond acceptors (Lipinski definition) is 5. The normalized spacial score (nSPS) is 16.7. The summed E-state index contributed by atoms with van der Waals surface area (Å²) in [4.78, 5) is 13.2. The van der Waals surface area contributed by atoms with Gasteiger partial charge in [0.2, 0.25) is 9.84 Å². The molecule has 0 aliphatic carbocycles. The zero-order valence-electron chi connectivity index (χ0n) is 18.0. The number of nitrogens with zero attached hydrogens (tertiary/aromatic N) is 1. The Kier molecular flexibility index (Phi) is 7.00. The standard InChI is InChI=1S/C22H30N2O5S/c1-15-8-10-18(11-9-15)30(26,27)20-16(2)17(3)24(12-6-13-28-4)21(20)23-22(25)19-7-5-14-29-19/h8-11,19H,5-7,12-14H2,1-4H3,(H,23,25)/t19-/m0/s1. The maximum atomic E-state index is 13.6. The number of ether oxygens (including phenoxy) is 2. The van der Waals surface area contributed by atoms with Gasteiger partial charge in [0.25, 0.3) is 5.91 Å². The molecule has 1 saturated heterocycles. The molecule has 1 atom stereocenters. The minimum atomic E-state index is -3.83. The zero-order chi connectivity index (χ0) is 21.9. The Morgan fingerprint density at radius 2 is 1.93 bits per heavy atom. The van der Waals surface area contributed by atoms with E-state index in [9.17, 15) is 13.2 Å². The van der Waals surface area contributed by atoms with Gasteiger partial charge in [-0.15, -0.1) is 0 Å². The number of sulfone groups is 1. The lowest BCUT2D eigenvalue weighted by Gasteiger charge is -2.16. The van der Waals surface area contributed by atoms with Crippen molar-refractivity contribution in [2.24, 2.45) is 0 Å². The molecule has 3 rings (SSSR count). The van der Waals surface area contributed by atoms with E-state index in [-0.39, 0.29) is 15.7 Å². The highest BCUT2D eigenvalue weighted by atomic mass is 32.2. The molecule has 1 fully saturated rings. The van der Waals surface area contributed by atoms with Gasteiger partial charge in [0.15, 0.2) is 0 Å². The van der Waals surface area contributed by atoms with Crippen LogP contribution in [0, 0.1) is 20.8 Å². The number of carbonyl (C=O) groups is 1. The first-order valence-corrected chi connectivity index (χ1v) is 11.7. The summed E-state index contributed by atoms with van der Waals surface area (Å²) in [6.45, 7) is 7.18. The zero-order valence-corrected chi connectivity index (χ0v) is 18.8. The Labute approximate surface area is 178 Å². The number of methoxy groups -OCH3 is 1. The van der Waals surface area contributed by atoms with Crippen LogP contribution in [0.25, 0.3) is 0 Å². The van der Waals surface area contributed by atoms with Crippen LogP contribution in [-0.4, -0.2) is 45.3 Å². The summed E-state index contributed by atoms with van der Waals surface area (Å²) in [5, 5.41) is 2.88. The number of amides is 1. The summed E-state index contributed by atoms with van der Waals surface area (Å²) in [6.07, 6.45) is 1.59. The number of benzene rings is 1. The van der Waals surface area contributed by atoms with Gasteiger partial charge in [0, 0.05) is 32.6 Å². The number of nitrogens with one attached hydrogen (secondary N) is 1. The molecule has 0 bridgehead atoms.